The smallest absolute Gasteiger partial charge is 1.00 e. The Morgan fingerprint density at radius 1 is 1.00 bits per heavy atom. The van der Waals surface area contributed by atoms with Crippen LogP contribution < -0.4 is 71.7 Å². The van der Waals surface area contributed by atoms with E-state index < -0.39 is 14.2 Å². The van der Waals surface area contributed by atoms with E-state index >= 15 is 0 Å². The Kier molecular flexibility index (Phi) is 9.14. The molecule has 0 unspecified atom stereocenters. The van der Waals surface area contributed by atoms with Crippen LogP contribution in [0.1, 0.15) is 0 Å². The SMILES string of the molecule is O=[As]([O-])([O-])c1ccccc1.[Na+].[Na+]. The van der Waals surface area contributed by atoms with E-state index in [1.54, 1.807) is 6.07 Å². The van der Waals surface area contributed by atoms with Crippen LogP contribution in [0, 0.1) is 0 Å². The summed E-state index contributed by atoms with van der Waals surface area (Å²) in [4.78, 5) is 0. The minimum atomic E-state index is -5.10. The van der Waals surface area contributed by atoms with Gasteiger partial charge in [0.15, 0.2) is 0 Å². The Hall–Kier alpha value is 1.50. The molecule has 1 aromatic rings. The Morgan fingerprint density at radius 2 is 1.42 bits per heavy atom. The molecule has 0 amide bonds. The molecule has 0 atom stereocenters. The third-order valence-corrected chi connectivity index (χ3v) is 3.02. The van der Waals surface area contributed by atoms with Crippen molar-refractivity contribution in [2.75, 3.05) is 0 Å². The molecule has 6 heteroatoms. The van der Waals surface area contributed by atoms with E-state index in [4.69, 9.17) is 0 Å². The van der Waals surface area contributed by atoms with Crippen LogP contribution in [-0.2, 0) is 3.74 Å². The van der Waals surface area contributed by atoms with Crippen LogP contribution in [-0.4, -0.2) is 14.2 Å². The van der Waals surface area contributed by atoms with E-state index in [1.807, 2.05) is 0 Å². The molecule has 0 saturated heterocycles. The van der Waals surface area contributed by atoms with Gasteiger partial charge in [0.1, 0.15) is 0 Å². The van der Waals surface area contributed by atoms with E-state index in [0.717, 1.165) is 0 Å². The van der Waals surface area contributed by atoms with E-state index in [-0.39, 0.29) is 63.5 Å². The van der Waals surface area contributed by atoms with Gasteiger partial charge in [-0.3, -0.25) is 0 Å². The molecule has 0 aliphatic rings. The molecule has 0 aromatic heterocycles. The molecule has 0 aliphatic heterocycles. The van der Waals surface area contributed by atoms with Crippen molar-refractivity contribution in [1.29, 1.82) is 0 Å². The largest absolute Gasteiger partial charge is 1.00 e. The van der Waals surface area contributed by atoms with Gasteiger partial charge in [0.25, 0.3) is 0 Å². The van der Waals surface area contributed by atoms with E-state index in [1.165, 1.54) is 24.3 Å². The first-order valence-corrected chi connectivity index (χ1v) is 5.92. The van der Waals surface area contributed by atoms with Crippen molar-refractivity contribution < 1.29 is 71.0 Å². The molecular weight excluding hydrogens is 241 g/mol. The Bertz CT molecular complexity index is 259. The van der Waals surface area contributed by atoms with E-state index in [0.29, 0.717) is 0 Å². The summed E-state index contributed by atoms with van der Waals surface area (Å²) in [5.41, 5.74) is 0. The second kappa shape index (κ2) is 6.88. The Labute approximate surface area is 118 Å². The van der Waals surface area contributed by atoms with Crippen molar-refractivity contribution in [3.63, 3.8) is 0 Å². The van der Waals surface area contributed by atoms with Crippen molar-refractivity contribution in [1.82, 2.24) is 0 Å². The van der Waals surface area contributed by atoms with Gasteiger partial charge >= 0.3 is 120 Å². The second-order valence-corrected chi connectivity index (χ2v) is 5.00. The van der Waals surface area contributed by atoms with Gasteiger partial charge in [-0.2, -0.15) is 0 Å². The topological polar surface area (TPSA) is 63.2 Å². The number of hydrogen-bond acceptors (Lipinski definition) is 3. The first kappa shape index (κ1) is 15.9. The van der Waals surface area contributed by atoms with Gasteiger partial charge in [0.05, 0.1) is 0 Å². The molecule has 0 N–H and O–H groups in total. The third kappa shape index (κ3) is 5.28. The zero-order valence-corrected chi connectivity index (χ0v) is 12.9. The van der Waals surface area contributed by atoms with Gasteiger partial charge in [-0.25, -0.2) is 0 Å². The van der Waals surface area contributed by atoms with Crippen LogP contribution in [0.5, 0.6) is 0 Å². The van der Waals surface area contributed by atoms with Crippen LogP contribution in [0.2, 0.25) is 0 Å². The second-order valence-electron chi connectivity index (χ2n) is 1.83. The predicted octanol–water partition coefficient (Wildman–Crippen LogP) is -8.01. The molecule has 1 rings (SSSR count). The van der Waals surface area contributed by atoms with Gasteiger partial charge in [-0.1, -0.05) is 0 Å². The summed E-state index contributed by atoms with van der Waals surface area (Å²) < 4.78 is 31.0. The standard InChI is InChI=1S/C6H7AsO3.2Na/c8-7(9,10)6-4-2-1-3-5-6;;/h1-5H,(H2,8,9,10);;/q;2*+1/p-2. The molecule has 54 valence electrons. The molecule has 0 spiro atoms. The summed E-state index contributed by atoms with van der Waals surface area (Å²) in [5, 5.41) is 0. The number of benzene rings is 1. The van der Waals surface area contributed by atoms with E-state index in [9.17, 15) is 11.9 Å². The zero-order chi connectivity index (χ0) is 7.61. The predicted molar refractivity (Wildman–Crippen MR) is 32.5 cm³/mol. The summed E-state index contributed by atoms with van der Waals surface area (Å²) in [7, 11) is 0. The maximum atomic E-state index is 10.4. The Morgan fingerprint density at radius 3 is 1.67 bits per heavy atom. The normalized spacial score (nSPS) is 9.50. The molecule has 0 aliphatic carbocycles. The zero-order valence-electron chi connectivity index (χ0n) is 7.06. The van der Waals surface area contributed by atoms with Crippen LogP contribution in [0.4, 0.5) is 0 Å². The van der Waals surface area contributed by atoms with Crippen molar-refractivity contribution in [2.24, 2.45) is 0 Å². The fourth-order valence-corrected chi connectivity index (χ4v) is 1.74. The summed E-state index contributed by atoms with van der Waals surface area (Å²) in [6, 6.07) is 7.33. The Balaban J connectivity index is 0. The average Bonchev–Trinajstić information content (AvgIpc) is 1.88. The van der Waals surface area contributed by atoms with Crippen molar-refractivity contribution >= 4 is 18.5 Å². The summed E-state index contributed by atoms with van der Waals surface area (Å²) in [5.74, 6) is 0. The first-order chi connectivity index (χ1) is 4.61. The first-order valence-electron chi connectivity index (χ1n) is 2.68. The number of rotatable bonds is 1. The van der Waals surface area contributed by atoms with Crippen LogP contribution >= 0.6 is 0 Å². The molecular formula is C6H5AsNa2O3. The molecule has 0 saturated carbocycles. The molecule has 0 fully saturated rings. The fraction of sp³-hybridized carbons (Fsp3) is 0. The van der Waals surface area contributed by atoms with Crippen LogP contribution in [0.25, 0.3) is 0 Å². The maximum absolute atomic E-state index is 10.4. The fourth-order valence-electron chi connectivity index (χ4n) is 0.611. The molecule has 0 heterocycles. The van der Waals surface area contributed by atoms with Gasteiger partial charge in [0, 0.05) is 0 Å². The van der Waals surface area contributed by atoms with Gasteiger partial charge in [-0.05, 0) is 0 Å². The van der Waals surface area contributed by atoms with Gasteiger partial charge < -0.3 is 0 Å². The minimum Gasteiger partial charge on any atom is 1.00 e. The summed E-state index contributed by atoms with van der Waals surface area (Å²) in [6.45, 7) is 0. The minimum absolute atomic E-state index is 0. The quantitative estimate of drug-likeness (QED) is 0.462. The third-order valence-electron chi connectivity index (χ3n) is 1.07. The summed E-state index contributed by atoms with van der Waals surface area (Å²) in [6.07, 6.45) is 0. The molecule has 3 nitrogen and oxygen atoms in total. The van der Waals surface area contributed by atoms with Crippen molar-refractivity contribution in [3.05, 3.63) is 30.3 Å². The molecule has 1 aromatic carbocycles. The van der Waals surface area contributed by atoms with Crippen molar-refractivity contribution in [3.8, 4) is 0 Å². The van der Waals surface area contributed by atoms with Crippen LogP contribution in [0.15, 0.2) is 30.3 Å². The van der Waals surface area contributed by atoms with E-state index in [2.05, 4.69) is 0 Å². The summed E-state index contributed by atoms with van der Waals surface area (Å²) >= 11 is -5.10. The van der Waals surface area contributed by atoms with Gasteiger partial charge in [0.2, 0.25) is 0 Å². The average molecular weight is 246 g/mol. The van der Waals surface area contributed by atoms with Crippen LogP contribution in [0.3, 0.4) is 0 Å². The molecule has 12 heavy (non-hydrogen) atoms. The molecule has 0 bridgehead atoms. The monoisotopic (exact) mass is 246 g/mol. The van der Waals surface area contributed by atoms with Gasteiger partial charge in [-0.15, -0.1) is 0 Å². The number of hydrogen-bond donors (Lipinski definition) is 0. The maximum Gasteiger partial charge on any atom is 1.00 e. The van der Waals surface area contributed by atoms with Crippen molar-refractivity contribution in [2.45, 2.75) is 0 Å². The molecule has 0 radical (unpaired) electrons.